The summed E-state index contributed by atoms with van der Waals surface area (Å²) in [7, 11) is 0. The molecule has 2 rings (SSSR count). The number of hydrogen-bond donors (Lipinski definition) is 1. The molecular weight excluding hydrogens is 368 g/mol. The fourth-order valence-electron chi connectivity index (χ4n) is 2.91. The highest BCUT2D eigenvalue weighted by atomic mass is 79.9. The smallest absolute Gasteiger partial charge is 0.306 e. The Morgan fingerprint density at radius 2 is 2.14 bits per heavy atom. The van der Waals surface area contributed by atoms with Crippen LogP contribution in [0.5, 0.6) is 0 Å². The van der Waals surface area contributed by atoms with Gasteiger partial charge in [-0.15, -0.1) is 0 Å². The Hall–Kier alpha value is -0.720. The van der Waals surface area contributed by atoms with Crippen LogP contribution in [0.25, 0.3) is 0 Å². The van der Waals surface area contributed by atoms with E-state index < -0.39 is 11.1 Å². The SMILES string of the molecule is CCC(=O)OC(c1ccc(CS(=O)O)c(Br)c1)C1CCCC1. The van der Waals surface area contributed by atoms with Gasteiger partial charge in [-0.1, -0.05) is 47.8 Å². The third kappa shape index (κ3) is 4.64. The molecule has 0 aromatic heterocycles. The molecule has 0 spiro atoms. The molecular formula is C16H21BrO4S. The lowest BCUT2D eigenvalue weighted by Gasteiger charge is -2.24. The molecule has 1 aliphatic carbocycles. The zero-order valence-corrected chi connectivity index (χ0v) is 15.0. The first kappa shape index (κ1) is 17.6. The molecule has 122 valence electrons. The van der Waals surface area contributed by atoms with E-state index in [4.69, 9.17) is 9.29 Å². The highest BCUT2D eigenvalue weighted by molar-refractivity contribution is 9.10. The van der Waals surface area contributed by atoms with Gasteiger partial charge in [0.1, 0.15) is 6.10 Å². The van der Waals surface area contributed by atoms with Crippen molar-refractivity contribution < 1.29 is 18.3 Å². The van der Waals surface area contributed by atoms with Gasteiger partial charge in [-0.05, 0) is 30.0 Å². The number of carbonyl (C=O) groups excluding carboxylic acids is 1. The van der Waals surface area contributed by atoms with E-state index in [-0.39, 0.29) is 17.8 Å². The molecule has 0 amide bonds. The zero-order valence-electron chi connectivity index (χ0n) is 12.6. The summed E-state index contributed by atoms with van der Waals surface area (Å²) in [5, 5.41) is 0. The maximum atomic E-state index is 11.7. The van der Waals surface area contributed by atoms with E-state index in [1.54, 1.807) is 6.92 Å². The molecule has 0 saturated heterocycles. The van der Waals surface area contributed by atoms with E-state index in [2.05, 4.69) is 15.9 Å². The van der Waals surface area contributed by atoms with E-state index in [0.717, 1.165) is 28.4 Å². The van der Waals surface area contributed by atoms with Crippen LogP contribution < -0.4 is 0 Å². The number of ether oxygens (including phenoxy) is 1. The second-order valence-electron chi connectivity index (χ2n) is 5.63. The molecule has 2 unspecified atom stereocenters. The van der Waals surface area contributed by atoms with Crippen LogP contribution in [0.15, 0.2) is 22.7 Å². The quantitative estimate of drug-likeness (QED) is 0.580. The van der Waals surface area contributed by atoms with E-state index in [9.17, 15) is 9.00 Å². The molecule has 1 aromatic rings. The van der Waals surface area contributed by atoms with Crippen molar-refractivity contribution in [1.29, 1.82) is 0 Å². The van der Waals surface area contributed by atoms with Crippen LogP contribution in [0, 0.1) is 5.92 Å². The molecule has 6 heteroatoms. The molecule has 0 heterocycles. The first-order valence-corrected chi connectivity index (χ1v) is 9.63. The number of halogens is 1. The topological polar surface area (TPSA) is 63.6 Å². The van der Waals surface area contributed by atoms with Crippen LogP contribution in [0.2, 0.25) is 0 Å². The third-order valence-electron chi connectivity index (χ3n) is 4.06. The summed E-state index contributed by atoms with van der Waals surface area (Å²) in [5.74, 6) is 0.262. The van der Waals surface area contributed by atoms with Crippen LogP contribution in [-0.2, 0) is 26.4 Å². The van der Waals surface area contributed by atoms with Crippen LogP contribution in [0.3, 0.4) is 0 Å². The molecule has 0 aliphatic heterocycles. The Bertz CT molecular complexity index is 555. The predicted octanol–water partition coefficient (Wildman–Crippen LogP) is 4.36. The van der Waals surface area contributed by atoms with Crippen molar-refractivity contribution in [3.8, 4) is 0 Å². The van der Waals surface area contributed by atoms with Gasteiger partial charge in [0.25, 0.3) is 0 Å². The molecule has 4 nitrogen and oxygen atoms in total. The highest BCUT2D eigenvalue weighted by Crippen LogP contribution is 2.39. The number of hydrogen-bond acceptors (Lipinski definition) is 3. The van der Waals surface area contributed by atoms with Crippen molar-refractivity contribution in [3.63, 3.8) is 0 Å². The Morgan fingerprint density at radius 1 is 1.45 bits per heavy atom. The van der Waals surface area contributed by atoms with Crippen LogP contribution in [-0.4, -0.2) is 14.7 Å². The van der Waals surface area contributed by atoms with Crippen molar-refractivity contribution in [3.05, 3.63) is 33.8 Å². The van der Waals surface area contributed by atoms with E-state index in [1.807, 2.05) is 18.2 Å². The largest absolute Gasteiger partial charge is 0.457 e. The molecule has 1 N–H and O–H groups in total. The lowest BCUT2D eigenvalue weighted by Crippen LogP contribution is -2.18. The van der Waals surface area contributed by atoms with Gasteiger partial charge < -0.3 is 9.29 Å². The first-order valence-electron chi connectivity index (χ1n) is 7.56. The fraction of sp³-hybridized carbons (Fsp3) is 0.562. The van der Waals surface area contributed by atoms with Gasteiger partial charge in [-0.2, -0.15) is 0 Å². The predicted molar refractivity (Wildman–Crippen MR) is 89.7 cm³/mol. The summed E-state index contributed by atoms with van der Waals surface area (Å²) in [6, 6.07) is 5.64. The average Bonchev–Trinajstić information content (AvgIpc) is 3.00. The van der Waals surface area contributed by atoms with Crippen molar-refractivity contribution in [1.82, 2.24) is 0 Å². The lowest BCUT2D eigenvalue weighted by atomic mass is 9.93. The number of carbonyl (C=O) groups is 1. The Balaban J connectivity index is 2.24. The molecule has 1 aliphatic rings. The Morgan fingerprint density at radius 3 is 2.68 bits per heavy atom. The van der Waals surface area contributed by atoms with E-state index in [0.29, 0.717) is 12.3 Å². The van der Waals surface area contributed by atoms with E-state index >= 15 is 0 Å². The van der Waals surface area contributed by atoms with Crippen molar-refractivity contribution in [2.24, 2.45) is 5.92 Å². The van der Waals surface area contributed by atoms with Crippen molar-refractivity contribution >= 4 is 33.0 Å². The summed E-state index contributed by atoms with van der Waals surface area (Å²) in [6.45, 7) is 1.80. The molecule has 1 saturated carbocycles. The van der Waals surface area contributed by atoms with Gasteiger partial charge in [0.05, 0.1) is 5.75 Å². The molecule has 1 fully saturated rings. The zero-order chi connectivity index (χ0) is 16.1. The minimum Gasteiger partial charge on any atom is -0.457 e. The molecule has 1 aromatic carbocycles. The van der Waals surface area contributed by atoms with Crippen LogP contribution >= 0.6 is 15.9 Å². The van der Waals surface area contributed by atoms with Gasteiger partial charge in [0, 0.05) is 16.8 Å². The fourth-order valence-corrected chi connectivity index (χ4v) is 4.15. The molecule has 0 bridgehead atoms. The van der Waals surface area contributed by atoms with Gasteiger partial charge >= 0.3 is 5.97 Å². The summed E-state index contributed by atoms with van der Waals surface area (Å²) < 4.78 is 26.4. The van der Waals surface area contributed by atoms with E-state index in [1.165, 1.54) is 12.8 Å². The number of rotatable bonds is 6. The third-order valence-corrected chi connectivity index (χ3v) is 5.36. The lowest BCUT2D eigenvalue weighted by molar-refractivity contribution is -0.152. The second-order valence-corrected chi connectivity index (χ2v) is 7.41. The van der Waals surface area contributed by atoms with Gasteiger partial charge in [-0.3, -0.25) is 4.79 Å². The maximum absolute atomic E-state index is 11.7. The van der Waals surface area contributed by atoms with Crippen molar-refractivity contribution in [2.45, 2.75) is 50.9 Å². The summed E-state index contributed by atoms with van der Waals surface area (Å²) in [6.07, 6.45) is 4.64. The Kier molecular flexibility index (Phi) is 6.59. The van der Waals surface area contributed by atoms with Crippen molar-refractivity contribution in [2.75, 3.05) is 0 Å². The number of esters is 1. The molecule has 2 atom stereocenters. The summed E-state index contributed by atoms with van der Waals surface area (Å²) in [4.78, 5) is 11.7. The van der Waals surface area contributed by atoms with Gasteiger partial charge in [0.2, 0.25) is 0 Å². The highest BCUT2D eigenvalue weighted by Gasteiger charge is 2.29. The minimum atomic E-state index is -1.87. The molecule has 0 radical (unpaired) electrons. The second kappa shape index (κ2) is 8.22. The van der Waals surface area contributed by atoms with Gasteiger partial charge in [-0.25, -0.2) is 4.21 Å². The normalized spacial score (nSPS) is 18.1. The Labute approximate surface area is 142 Å². The first-order chi connectivity index (χ1) is 10.5. The van der Waals surface area contributed by atoms with Crippen LogP contribution in [0.1, 0.15) is 56.3 Å². The average molecular weight is 389 g/mol. The summed E-state index contributed by atoms with van der Waals surface area (Å²) >= 11 is 1.58. The molecule has 22 heavy (non-hydrogen) atoms. The van der Waals surface area contributed by atoms with Gasteiger partial charge in [0.15, 0.2) is 11.1 Å². The monoisotopic (exact) mass is 388 g/mol. The standard InChI is InChI=1S/C16H21BrO4S/c1-2-15(18)21-16(11-5-3-4-6-11)12-7-8-13(10-22(19)20)14(17)9-12/h7-9,11,16H,2-6,10H2,1H3,(H,19,20). The maximum Gasteiger partial charge on any atom is 0.306 e. The summed E-state index contributed by atoms with van der Waals surface area (Å²) in [5.41, 5.74) is 1.73. The number of benzene rings is 1. The van der Waals surface area contributed by atoms with Crippen LogP contribution in [0.4, 0.5) is 0 Å². The minimum absolute atomic E-state index is 0.0870.